The molecule has 0 aliphatic carbocycles. The van der Waals surface area contributed by atoms with Crippen LogP contribution in [0.4, 0.5) is 0 Å². The normalized spacial score (nSPS) is 15.8. The van der Waals surface area contributed by atoms with Gasteiger partial charge in [0.25, 0.3) is 11.8 Å². The number of fused-ring (bicyclic) bond motifs is 1. The van der Waals surface area contributed by atoms with Crippen molar-refractivity contribution in [2.45, 2.75) is 19.4 Å². The van der Waals surface area contributed by atoms with Gasteiger partial charge in [-0.1, -0.05) is 11.6 Å². The first-order valence-electron chi connectivity index (χ1n) is 6.18. The molecule has 0 fully saturated rings. The summed E-state index contributed by atoms with van der Waals surface area (Å²) in [6, 6.07) is 4.78. The second kappa shape index (κ2) is 5.50. The Kier molecular flexibility index (Phi) is 3.97. The lowest BCUT2D eigenvalue weighted by Crippen LogP contribution is -2.43. The lowest BCUT2D eigenvalue weighted by molar-refractivity contribution is 0.0431. The lowest BCUT2D eigenvalue weighted by Gasteiger charge is -2.24. The van der Waals surface area contributed by atoms with Crippen molar-refractivity contribution >= 4 is 11.8 Å². The third kappa shape index (κ3) is 2.39. The van der Waals surface area contributed by atoms with E-state index in [1.807, 2.05) is 13.0 Å². The SMILES string of the molecule is COCC(CCO)N1C(=O)c2ccc(C)cc2C1=O. The van der Waals surface area contributed by atoms with E-state index in [4.69, 9.17) is 9.84 Å². The van der Waals surface area contributed by atoms with E-state index >= 15 is 0 Å². The molecular formula is C14H17NO4. The standard InChI is InChI=1S/C14H17NO4/c1-9-3-4-11-12(7-9)14(18)15(13(11)17)10(5-6-16)8-19-2/h3-4,7,10,16H,5-6,8H2,1-2H3. The number of aliphatic hydroxyl groups excluding tert-OH is 1. The summed E-state index contributed by atoms with van der Waals surface area (Å²) in [5.41, 5.74) is 1.80. The Morgan fingerprint density at radius 1 is 1.26 bits per heavy atom. The van der Waals surface area contributed by atoms with E-state index in [1.54, 1.807) is 12.1 Å². The van der Waals surface area contributed by atoms with Crippen LogP contribution in [0.1, 0.15) is 32.7 Å². The van der Waals surface area contributed by atoms with E-state index in [0.29, 0.717) is 17.5 Å². The van der Waals surface area contributed by atoms with Gasteiger partial charge in [0.1, 0.15) is 0 Å². The molecule has 1 heterocycles. The summed E-state index contributed by atoms with van der Waals surface area (Å²) in [5, 5.41) is 9.05. The smallest absolute Gasteiger partial charge is 0.261 e. The summed E-state index contributed by atoms with van der Waals surface area (Å²) in [6.45, 7) is 2.01. The van der Waals surface area contributed by atoms with Crippen LogP contribution in [0, 0.1) is 6.92 Å². The van der Waals surface area contributed by atoms with Crippen LogP contribution >= 0.6 is 0 Å². The zero-order chi connectivity index (χ0) is 14.0. The molecule has 5 heteroatoms. The third-order valence-corrected chi connectivity index (χ3v) is 3.26. The maximum Gasteiger partial charge on any atom is 0.261 e. The van der Waals surface area contributed by atoms with Gasteiger partial charge in [-0.05, 0) is 25.5 Å². The molecule has 5 nitrogen and oxygen atoms in total. The molecule has 1 aliphatic heterocycles. The minimum Gasteiger partial charge on any atom is -0.396 e. The summed E-state index contributed by atoms with van der Waals surface area (Å²) in [5.74, 6) is -0.616. The van der Waals surface area contributed by atoms with E-state index in [2.05, 4.69) is 0 Å². The summed E-state index contributed by atoms with van der Waals surface area (Å²) in [6.07, 6.45) is 0.318. The van der Waals surface area contributed by atoms with Gasteiger partial charge >= 0.3 is 0 Å². The van der Waals surface area contributed by atoms with Crippen molar-refractivity contribution in [1.82, 2.24) is 4.90 Å². The molecule has 0 saturated heterocycles. The van der Waals surface area contributed by atoms with Gasteiger partial charge in [-0.15, -0.1) is 0 Å². The molecule has 0 bridgehead atoms. The molecule has 1 unspecified atom stereocenters. The van der Waals surface area contributed by atoms with Crippen molar-refractivity contribution in [2.24, 2.45) is 0 Å². The fourth-order valence-corrected chi connectivity index (χ4v) is 2.33. The zero-order valence-corrected chi connectivity index (χ0v) is 11.0. The minimum absolute atomic E-state index is 0.0968. The predicted molar refractivity (Wildman–Crippen MR) is 69.0 cm³/mol. The average Bonchev–Trinajstić information content (AvgIpc) is 2.61. The van der Waals surface area contributed by atoms with Crippen LogP contribution in [0.3, 0.4) is 0 Å². The number of amides is 2. The van der Waals surface area contributed by atoms with Gasteiger partial charge < -0.3 is 9.84 Å². The summed E-state index contributed by atoms with van der Waals surface area (Å²) >= 11 is 0. The molecule has 0 aromatic heterocycles. The highest BCUT2D eigenvalue weighted by Gasteiger charge is 2.39. The average molecular weight is 263 g/mol. The van der Waals surface area contributed by atoms with E-state index in [0.717, 1.165) is 5.56 Å². The number of imide groups is 1. The Hall–Kier alpha value is -1.72. The van der Waals surface area contributed by atoms with Crippen LogP contribution in [-0.2, 0) is 4.74 Å². The molecule has 19 heavy (non-hydrogen) atoms. The highest BCUT2D eigenvalue weighted by atomic mass is 16.5. The van der Waals surface area contributed by atoms with Gasteiger partial charge in [0.15, 0.2) is 0 Å². The van der Waals surface area contributed by atoms with Crippen molar-refractivity contribution in [3.05, 3.63) is 34.9 Å². The molecule has 102 valence electrons. The Bertz CT molecular complexity index is 506. The number of aliphatic hydroxyl groups is 1. The van der Waals surface area contributed by atoms with E-state index in [-0.39, 0.29) is 25.0 Å². The van der Waals surface area contributed by atoms with Crippen molar-refractivity contribution in [2.75, 3.05) is 20.3 Å². The summed E-state index contributed by atoms with van der Waals surface area (Å²) < 4.78 is 5.03. The third-order valence-electron chi connectivity index (χ3n) is 3.26. The van der Waals surface area contributed by atoms with E-state index < -0.39 is 6.04 Å². The van der Waals surface area contributed by atoms with Gasteiger partial charge in [0, 0.05) is 13.7 Å². The van der Waals surface area contributed by atoms with Crippen LogP contribution in [0.2, 0.25) is 0 Å². The second-order valence-electron chi connectivity index (χ2n) is 4.65. The quantitative estimate of drug-likeness (QED) is 0.804. The fourth-order valence-electron chi connectivity index (χ4n) is 2.33. The Labute approximate surface area is 111 Å². The zero-order valence-electron chi connectivity index (χ0n) is 11.0. The Morgan fingerprint density at radius 2 is 1.95 bits per heavy atom. The maximum absolute atomic E-state index is 12.3. The fraction of sp³-hybridized carbons (Fsp3) is 0.429. The number of hydrogen-bond acceptors (Lipinski definition) is 4. The molecule has 2 rings (SSSR count). The van der Waals surface area contributed by atoms with Crippen LogP contribution < -0.4 is 0 Å². The number of carbonyl (C=O) groups is 2. The molecular weight excluding hydrogens is 246 g/mol. The number of benzene rings is 1. The van der Waals surface area contributed by atoms with E-state index in [9.17, 15) is 9.59 Å². The highest BCUT2D eigenvalue weighted by molar-refractivity contribution is 6.21. The number of aryl methyl sites for hydroxylation is 1. The monoisotopic (exact) mass is 263 g/mol. The molecule has 0 saturated carbocycles. The first-order chi connectivity index (χ1) is 9.10. The number of methoxy groups -OCH3 is 1. The summed E-state index contributed by atoms with van der Waals surface area (Å²) in [4.78, 5) is 25.8. The van der Waals surface area contributed by atoms with Gasteiger partial charge in [-0.2, -0.15) is 0 Å². The number of ether oxygens (including phenoxy) is 1. The molecule has 1 aromatic carbocycles. The Balaban J connectivity index is 2.35. The van der Waals surface area contributed by atoms with Crippen LogP contribution in [0.15, 0.2) is 18.2 Å². The van der Waals surface area contributed by atoms with Crippen molar-refractivity contribution < 1.29 is 19.4 Å². The first-order valence-corrected chi connectivity index (χ1v) is 6.18. The van der Waals surface area contributed by atoms with Crippen LogP contribution in [0.5, 0.6) is 0 Å². The number of carbonyl (C=O) groups excluding carboxylic acids is 2. The van der Waals surface area contributed by atoms with Gasteiger partial charge in [-0.25, -0.2) is 0 Å². The number of hydrogen-bond donors (Lipinski definition) is 1. The highest BCUT2D eigenvalue weighted by Crippen LogP contribution is 2.26. The van der Waals surface area contributed by atoms with Crippen molar-refractivity contribution in [1.29, 1.82) is 0 Å². The molecule has 2 amide bonds. The van der Waals surface area contributed by atoms with Gasteiger partial charge in [0.05, 0.1) is 23.8 Å². The lowest BCUT2D eigenvalue weighted by atomic mass is 10.1. The number of rotatable bonds is 5. The van der Waals surface area contributed by atoms with Gasteiger partial charge in [-0.3, -0.25) is 14.5 Å². The van der Waals surface area contributed by atoms with Crippen molar-refractivity contribution in [3.63, 3.8) is 0 Å². The molecule has 1 atom stereocenters. The predicted octanol–water partition coefficient (Wildman–Crippen LogP) is 0.988. The largest absolute Gasteiger partial charge is 0.396 e. The maximum atomic E-state index is 12.3. The van der Waals surface area contributed by atoms with Crippen molar-refractivity contribution in [3.8, 4) is 0 Å². The second-order valence-corrected chi connectivity index (χ2v) is 4.65. The first kappa shape index (κ1) is 13.7. The van der Waals surface area contributed by atoms with Gasteiger partial charge in [0.2, 0.25) is 0 Å². The van der Waals surface area contributed by atoms with E-state index in [1.165, 1.54) is 12.0 Å². The minimum atomic E-state index is -0.428. The molecule has 0 spiro atoms. The molecule has 1 aliphatic rings. The van der Waals surface area contributed by atoms with Crippen LogP contribution in [-0.4, -0.2) is 48.2 Å². The Morgan fingerprint density at radius 3 is 2.58 bits per heavy atom. The number of nitrogens with zero attached hydrogens (tertiary/aromatic N) is 1. The summed E-state index contributed by atoms with van der Waals surface area (Å²) in [7, 11) is 1.51. The molecule has 1 aromatic rings. The van der Waals surface area contributed by atoms with Crippen LogP contribution in [0.25, 0.3) is 0 Å². The molecule has 1 N–H and O–H groups in total. The topological polar surface area (TPSA) is 66.8 Å². The molecule has 0 radical (unpaired) electrons.